The Bertz CT molecular complexity index is 255. The molecule has 1 spiro atoms. The van der Waals surface area contributed by atoms with E-state index in [-0.39, 0.29) is 11.7 Å². The van der Waals surface area contributed by atoms with E-state index in [1.165, 1.54) is 0 Å². The SMILES string of the molecule is CC(C)C1CC2(CNC(=O)O2)CN1C. The Kier molecular flexibility index (Phi) is 2.18. The van der Waals surface area contributed by atoms with Gasteiger partial charge in [-0.05, 0) is 13.0 Å². The summed E-state index contributed by atoms with van der Waals surface area (Å²) in [5.41, 5.74) is -0.249. The number of nitrogens with one attached hydrogen (secondary N) is 1. The molecule has 2 saturated heterocycles. The van der Waals surface area contributed by atoms with Crippen molar-refractivity contribution in [1.29, 1.82) is 0 Å². The van der Waals surface area contributed by atoms with Crippen molar-refractivity contribution in [1.82, 2.24) is 10.2 Å². The Morgan fingerprint density at radius 1 is 1.64 bits per heavy atom. The average Bonchev–Trinajstić information content (AvgIpc) is 2.57. The Morgan fingerprint density at radius 2 is 2.36 bits per heavy atom. The van der Waals surface area contributed by atoms with Gasteiger partial charge < -0.3 is 10.1 Å². The highest BCUT2D eigenvalue weighted by Gasteiger charge is 2.49. The fourth-order valence-corrected chi connectivity index (χ4v) is 2.62. The zero-order chi connectivity index (χ0) is 10.3. The van der Waals surface area contributed by atoms with Crippen molar-refractivity contribution in [2.75, 3.05) is 20.1 Å². The number of rotatable bonds is 1. The van der Waals surface area contributed by atoms with Crippen molar-refractivity contribution in [3.63, 3.8) is 0 Å². The van der Waals surface area contributed by atoms with E-state index in [0.29, 0.717) is 18.5 Å². The van der Waals surface area contributed by atoms with E-state index in [1.807, 2.05) is 0 Å². The quantitative estimate of drug-likeness (QED) is 0.678. The monoisotopic (exact) mass is 198 g/mol. The molecule has 0 saturated carbocycles. The number of hydrogen-bond acceptors (Lipinski definition) is 3. The molecule has 2 aliphatic heterocycles. The fraction of sp³-hybridized carbons (Fsp3) is 0.900. The first-order valence-corrected chi connectivity index (χ1v) is 5.19. The lowest BCUT2D eigenvalue weighted by Crippen LogP contribution is -2.35. The van der Waals surface area contributed by atoms with Crippen LogP contribution in [0.1, 0.15) is 20.3 Å². The van der Waals surface area contributed by atoms with Gasteiger partial charge in [0.15, 0.2) is 0 Å². The van der Waals surface area contributed by atoms with Crippen LogP contribution in [0.2, 0.25) is 0 Å². The highest BCUT2D eigenvalue weighted by atomic mass is 16.6. The van der Waals surface area contributed by atoms with Crippen molar-refractivity contribution >= 4 is 6.09 Å². The standard InChI is InChI=1S/C10H18N2O2/c1-7(2)8-4-10(6-12(8)3)5-11-9(13)14-10/h7-8H,4-6H2,1-3H3,(H,11,13). The number of alkyl carbamates (subject to hydrolysis) is 1. The van der Waals surface area contributed by atoms with E-state index < -0.39 is 0 Å². The van der Waals surface area contributed by atoms with Crippen LogP contribution in [0, 0.1) is 5.92 Å². The third-order valence-corrected chi connectivity index (χ3v) is 3.32. The number of nitrogens with zero attached hydrogens (tertiary/aromatic N) is 1. The summed E-state index contributed by atoms with van der Waals surface area (Å²) < 4.78 is 5.37. The number of likely N-dealkylation sites (N-methyl/N-ethyl adjacent to an activating group) is 1. The van der Waals surface area contributed by atoms with E-state index in [4.69, 9.17) is 4.74 Å². The van der Waals surface area contributed by atoms with Gasteiger partial charge in [-0.15, -0.1) is 0 Å². The zero-order valence-electron chi connectivity index (χ0n) is 9.04. The van der Waals surface area contributed by atoms with Crippen molar-refractivity contribution < 1.29 is 9.53 Å². The van der Waals surface area contributed by atoms with Crippen LogP contribution in [0.3, 0.4) is 0 Å². The molecule has 2 atom stereocenters. The van der Waals surface area contributed by atoms with Gasteiger partial charge in [-0.1, -0.05) is 13.8 Å². The van der Waals surface area contributed by atoms with Crippen LogP contribution in [0.4, 0.5) is 4.79 Å². The molecule has 2 unspecified atom stereocenters. The molecule has 2 heterocycles. The number of hydrogen-bond donors (Lipinski definition) is 1. The molecule has 2 rings (SSSR count). The predicted molar refractivity (Wildman–Crippen MR) is 53.1 cm³/mol. The molecule has 14 heavy (non-hydrogen) atoms. The molecule has 0 bridgehead atoms. The predicted octanol–water partition coefficient (Wildman–Crippen LogP) is 0.825. The Balaban J connectivity index is 2.09. The van der Waals surface area contributed by atoms with Gasteiger partial charge in [0.1, 0.15) is 5.60 Å². The average molecular weight is 198 g/mol. The lowest BCUT2D eigenvalue weighted by Gasteiger charge is -2.21. The van der Waals surface area contributed by atoms with Crippen LogP contribution in [0.5, 0.6) is 0 Å². The van der Waals surface area contributed by atoms with Crippen LogP contribution in [0.15, 0.2) is 0 Å². The molecule has 80 valence electrons. The van der Waals surface area contributed by atoms with Crippen LogP contribution in [-0.2, 0) is 4.74 Å². The highest BCUT2D eigenvalue weighted by Crippen LogP contribution is 2.34. The summed E-state index contributed by atoms with van der Waals surface area (Å²) >= 11 is 0. The van der Waals surface area contributed by atoms with E-state index >= 15 is 0 Å². The Morgan fingerprint density at radius 3 is 2.79 bits per heavy atom. The summed E-state index contributed by atoms with van der Waals surface area (Å²) in [6.45, 7) is 5.95. The third-order valence-electron chi connectivity index (χ3n) is 3.32. The summed E-state index contributed by atoms with van der Waals surface area (Å²) in [5, 5.41) is 2.74. The van der Waals surface area contributed by atoms with Crippen LogP contribution in [0.25, 0.3) is 0 Å². The minimum atomic E-state index is -0.261. The second-order valence-electron chi connectivity index (χ2n) is 4.86. The van der Waals surface area contributed by atoms with Crippen LogP contribution >= 0.6 is 0 Å². The molecule has 4 nitrogen and oxygen atoms in total. The van der Waals surface area contributed by atoms with Crippen LogP contribution < -0.4 is 5.32 Å². The molecular weight excluding hydrogens is 180 g/mol. The summed E-state index contributed by atoms with van der Waals surface area (Å²) in [5.74, 6) is 0.610. The molecule has 0 aliphatic carbocycles. The van der Waals surface area contributed by atoms with E-state index in [9.17, 15) is 4.79 Å². The molecule has 2 aliphatic rings. The van der Waals surface area contributed by atoms with Crippen molar-refractivity contribution in [2.45, 2.75) is 31.9 Å². The normalized spacial score (nSPS) is 38.0. The minimum Gasteiger partial charge on any atom is -0.440 e. The number of likely N-dealkylation sites (tertiary alicyclic amines) is 1. The van der Waals surface area contributed by atoms with E-state index in [0.717, 1.165) is 13.0 Å². The molecule has 0 aromatic carbocycles. The second kappa shape index (κ2) is 3.12. The minimum absolute atomic E-state index is 0.249. The van der Waals surface area contributed by atoms with Crippen LogP contribution in [-0.4, -0.2) is 42.8 Å². The lowest BCUT2D eigenvalue weighted by molar-refractivity contribution is 0.0654. The lowest BCUT2D eigenvalue weighted by atomic mass is 9.95. The molecule has 1 amide bonds. The summed E-state index contributed by atoms with van der Waals surface area (Å²) in [6, 6.07) is 0.530. The van der Waals surface area contributed by atoms with Gasteiger partial charge in [0, 0.05) is 19.0 Å². The van der Waals surface area contributed by atoms with Crippen molar-refractivity contribution in [3.05, 3.63) is 0 Å². The zero-order valence-corrected chi connectivity index (χ0v) is 9.04. The molecule has 0 aromatic heterocycles. The molecule has 4 heteroatoms. The van der Waals surface area contributed by atoms with Gasteiger partial charge >= 0.3 is 6.09 Å². The summed E-state index contributed by atoms with van der Waals surface area (Å²) in [7, 11) is 2.10. The van der Waals surface area contributed by atoms with E-state index in [1.54, 1.807) is 0 Å². The topological polar surface area (TPSA) is 41.6 Å². The summed E-state index contributed by atoms with van der Waals surface area (Å²) in [6.07, 6.45) is 0.697. The second-order valence-corrected chi connectivity index (χ2v) is 4.86. The molecule has 0 radical (unpaired) electrons. The highest BCUT2D eigenvalue weighted by molar-refractivity contribution is 5.70. The number of carbonyl (C=O) groups excluding carboxylic acids is 1. The van der Waals surface area contributed by atoms with Gasteiger partial charge in [-0.2, -0.15) is 0 Å². The Labute approximate surface area is 84.6 Å². The fourth-order valence-electron chi connectivity index (χ4n) is 2.62. The number of amides is 1. The largest absolute Gasteiger partial charge is 0.440 e. The maximum Gasteiger partial charge on any atom is 0.407 e. The maximum atomic E-state index is 11.0. The summed E-state index contributed by atoms with van der Waals surface area (Å²) in [4.78, 5) is 13.3. The van der Waals surface area contributed by atoms with Gasteiger partial charge in [0.25, 0.3) is 0 Å². The van der Waals surface area contributed by atoms with Gasteiger partial charge in [-0.3, -0.25) is 4.90 Å². The molecule has 1 N–H and O–H groups in total. The maximum absolute atomic E-state index is 11.0. The van der Waals surface area contributed by atoms with Gasteiger partial charge in [-0.25, -0.2) is 4.79 Å². The van der Waals surface area contributed by atoms with E-state index in [2.05, 4.69) is 31.1 Å². The number of carbonyl (C=O) groups is 1. The van der Waals surface area contributed by atoms with Crippen molar-refractivity contribution in [2.24, 2.45) is 5.92 Å². The van der Waals surface area contributed by atoms with Gasteiger partial charge in [0.2, 0.25) is 0 Å². The molecule has 2 fully saturated rings. The number of ether oxygens (including phenoxy) is 1. The van der Waals surface area contributed by atoms with Gasteiger partial charge in [0.05, 0.1) is 6.54 Å². The molecular formula is C10H18N2O2. The molecule has 0 aromatic rings. The van der Waals surface area contributed by atoms with Crippen molar-refractivity contribution in [3.8, 4) is 0 Å². The first-order valence-electron chi connectivity index (χ1n) is 5.19. The Hall–Kier alpha value is -0.770. The smallest absolute Gasteiger partial charge is 0.407 e. The first kappa shape index (κ1) is 9.77. The third kappa shape index (κ3) is 1.47. The first-order chi connectivity index (χ1) is 6.52.